The summed E-state index contributed by atoms with van der Waals surface area (Å²) in [6.07, 6.45) is 0. The smallest absolute Gasteiger partial charge is 0.317 e. The van der Waals surface area contributed by atoms with Crippen LogP contribution in [0.2, 0.25) is 0 Å². The highest BCUT2D eigenvalue weighted by atomic mass is 16.2. The van der Waals surface area contributed by atoms with Crippen LogP contribution in [0.15, 0.2) is 0 Å². The van der Waals surface area contributed by atoms with Crippen LogP contribution >= 0.6 is 0 Å². The Hall–Kier alpha value is -0.730. The average molecular weight is 132 g/mol. The minimum absolute atomic E-state index is 0. The summed E-state index contributed by atoms with van der Waals surface area (Å²) < 4.78 is 0. The van der Waals surface area contributed by atoms with Crippen molar-refractivity contribution >= 4 is 6.03 Å². The molecule has 0 atom stereocenters. The van der Waals surface area contributed by atoms with Crippen molar-refractivity contribution in [3.05, 3.63) is 0 Å². The molecule has 0 fully saturated rings. The van der Waals surface area contributed by atoms with Crippen LogP contribution in [0.25, 0.3) is 0 Å². The lowest BCUT2D eigenvalue weighted by atomic mass is 10.4. The molecule has 0 aromatic rings. The molecule has 0 aliphatic carbocycles. The van der Waals surface area contributed by atoms with E-state index in [4.69, 9.17) is 0 Å². The fourth-order valence-corrected chi connectivity index (χ4v) is 0.411. The highest BCUT2D eigenvalue weighted by Crippen LogP contribution is 1.91. The standard InChI is InChI=1S/C6H14N2O.H2/c1-5(2)8(4)6(9)7-3;/h5H,1-4H3,(H,7,9);1H. The molecule has 0 aliphatic rings. The zero-order chi connectivity index (χ0) is 7.44. The highest BCUT2D eigenvalue weighted by molar-refractivity contribution is 5.73. The predicted molar refractivity (Wildman–Crippen MR) is 39.5 cm³/mol. The van der Waals surface area contributed by atoms with Gasteiger partial charge in [0.25, 0.3) is 0 Å². The number of urea groups is 1. The summed E-state index contributed by atoms with van der Waals surface area (Å²) in [7, 11) is 3.39. The minimum Gasteiger partial charge on any atom is -0.341 e. The number of hydrogen-bond acceptors (Lipinski definition) is 1. The molecule has 0 rings (SSSR count). The Bertz CT molecular complexity index is 106. The first-order chi connectivity index (χ1) is 4.09. The second-order valence-corrected chi connectivity index (χ2v) is 2.26. The van der Waals surface area contributed by atoms with Gasteiger partial charge in [-0.2, -0.15) is 0 Å². The Balaban J connectivity index is 0. The molecule has 9 heavy (non-hydrogen) atoms. The molecule has 0 spiro atoms. The third kappa shape index (κ3) is 2.35. The van der Waals surface area contributed by atoms with E-state index in [0.717, 1.165) is 0 Å². The molecule has 0 bridgehead atoms. The number of carbonyl (C=O) groups is 1. The van der Waals surface area contributed by atoms with Crippen molar-refractivity contribution in [3.8, 4) is 0 Å². The molecular weight excluding hydrogens is 116 g/mol. The molecule has 0 aliphatic heterocycles. The SMILES string of the molecule is CNC(=O)N(C)C(C)C.[HH]. The maximum absolute atomic E-state index is 10.8. The maximum Gasteiger partial charge on any atom is 0.317 e. The van der Waals surface area contributed by atoms with E-state index in [2.05, 4.69) is 5.32 Å². The average Bonchev–Trinajstić information content (AvgIpc) is 1.84. The van der Waals surface area contributed by atoms with Crippen LogP contribution in [0, 0.1) is 0 Å². The van der Waals surface area contributed by atoms with Gasteiger partial charge in [0.05, 0.1) is 0 Å². The third-order valence-corrected chi connectivity index (χ3v) is 1.31. The molecule has 0 radical (unpaired) electrons. The molecule has 0 heterocycles. The van der Waals surface area contributed by atoms with Crippen molar-refractivity contribution < 1.29 is 6.22 Å². The van der Waals surface area contributed by atoms with E-state index < -0.39 is 0 Å². The van der Waals surface area contributed by atoms with Gasteiger partial charge in [0.15, 0.2) is 0 Å². The summed E-state index contributed by atoms with van der Waals surface area (Å²) in [6.45, 7) is 3.94. The molecule has 0 saturated carbocycles. The molecule has 0 aromatic heterocycles. The van der Waals surface area contributed by atoms with E-state index in [0.29, 0.717) is 0 Å². The van der Waals surface area contributed by atoms with Crippen LogP contribution < -0.4 is 5.32 Å². The van der Waals surface area contributed by atoms with E-state index in [1.54, 1.807) is 19.0 Å². The predicted octanol–water partition coefficient (Wildman–Crippen LogP) is 0.912. The molecule has 3 heteroatoms. The number of nitrogens with zero attached hydrogens (tertiary/aromatic N) is 1. The Labute approximate surface area is 57.5 Å². The quantitative estimate of drug-likeness (QED) is 0.565. The monoisotopic (exact) mass is 132 g/mol. The molecule has 56 valence electrons. The lowest BCUT2D eigenvalue weighted by molar-refractivity contribution is 0.200. The lowest BCUT2D eigenvalue weighted by Crippen LogP contribution is -2.39. The first-order valence-electron chi connectivity index (χ1n) is 3.04. The van der Waals surface area contributed by atoms with Gasteiger partial charge in [-0.1, -0.05) is 0 Å². The van der Waals surface area contributed by atoms with Crippen molar-refractivity contribution in [2.75, 3.05) is 14.1 Å². The van der Waals surface area contributed by atoms with Crippen LogP contribution in [0.4, 0.5) is 4.79 Å². The van der Waals surface area contributed by atoms with Gasteiger partial charge < -0.3 is 10.2 Å². The number of carbonyl (C=O) groups excluding carboxylic acids is 1. The van der Waals surface area contributed by atoms with Crippen LogP contribution in [-0.2, 0) is 0 Å². The molecule has 0 saturated heterocycles. The van der Waals surface area contributed by atoms with Crippen molar-refractivity contribution in [2.45, 2.75) is 19.9 Å². The Morgan fingerprint density at radius 3 is 2.22 bits per heavy atom. The normalized spacial score (nSPS) is 9.44. The van der Waals surface area contributed by atoms with Crippen LogP contribution in [0.5, 0.6) is 0 Å². The van der Waals surface area contributed by atoms with E-state index in [1.165, 1.54) is 0 Å². The van der Waals surface area contributed by atoms with Crippen LogP contribution in [0.3, 0.4) is 0 Å². The summed E-state index contributed by atoms with van der Waals surface area (Å²) in [5.41, 5.74) is 0. The molecule has 0 aromatic carbocycles. The number of rotatable bonds is 1. The summed E-state index contributed by atoms with van der Waals surface area (Å²) in [4.78, 5) is 12.4. The summed E-state index contributed by atoms with van der Waals surface area (Å²) in [5.74, 6) is 0. The largest absolute Gasteiger partial charge is 0.341 e. The molecular formula is C6H16N2O. The topological polar surface area (TPSA) is 32.3 Å². The molecule has 2 amide bonds. The minimum atomic E-state index is -0.0370. The van der Waals surface area contributed by atoms with E-state index in [-0.39, 0.29) is 13.5 Å². The van der Waals surface area contributed by atoms with Gasteiger partial charge in [0, 0.05) is 21.6 Å². The second kappa shape index (κ2) is 3.33. The molecule has 3 nitrogen and oxygen atoms in total. The van der Waals surface area contributed by atoms with Crippen LogP contribution in [0.1, 0.15) is 15.3 Å². The van der Waals surface area contributed by atoms with Gasteiger partial charge >= 0.3 is 6.03 Å². The van der Waals surface area contributed by atoms with Crippen molar-refractivity contribution in [3.63, 3.8) is 0 Å². The first-order valence-corrected chi connectivity index (χ1v) is 3.04. The molecule has 0 unspecified atom stereocenters. The van der Waals surface area contributed by atoms with E-state index in [9.17, 15) is 4.79 Å². The highest BCUT2D eigenvalue weighted by Gasteiger charge is 2.07. The third-order valence-electron chi connectivity index (χ3n) is 1.31. The Morgan fingerprint density at radius 2 is 2.11 bits per heavy atom. The zero-order valence-electron chi connectivity index (χ0n) is 6.43. The van der Waals surface area contributed by atoms with Gasteiger partial charge in [0.2, 0.25) is 0 Å². The van der Waals surface area contributed by atoms with Crippen LogP contribution in [-0.4, -0.2) is 31.1 Å². The van der Waals surface area contributed by atoms with Gasteiger partial charge in [-0.3, -0.25) is 0 Å². The van der Waals surface area contributed by atoms with Gasteiger partial charge in [-0.15, -0.1) is 0 Å². The Kier molecular flexibility index (Phi) is 3.06. The number of nitrogens with one attached hydrogen (secondary N) is 1. The van der Waals surface area contributed by atoms with E-state index in [1.807, 2.05) is 13.8 Å². The van der Waals surface area contributed by atoms with Crippen molar-refractivity contribution in [2.24, 2.45) is 0 Å². The van der Waals surface area contributed by atoms with Gasteiger partial charge in [-0.05, 0) is 13.8 Å². The Morgan fingerprint density at radius 1 is 1.67 bits per heavy atom. The molecule has 1 N–H and O–H groups in total. The van der Waals surface area contributed by atoms with Gasteiger partial charge in [-0.25, -0.2) is 4.79 Å². The van der Waals surface area contributed by atoms with Crippen molar-refractivity contribution in [1.82, 2.24) is 10.2 Å². The summed E-state index contributed by atoms with van der Waals surface area (Å²) >= 11 is 0. The fraction of sp³-hybridized carbons (Fsp3) is 0.833. The first kappa shape index (κ1) is 8.27. The van der Waals surface area contributed by atoms with Crippen molar-refractivity contribution in [1.29, 1.82) is 0 Å². The summed E-state index contributed by atoms with van der Waals surface area (Å²) in [6, 6.07) is 0.231. The fourth-order valence-electron chi connectivity index (χ4n) is 0.411. The van der Waals surface area contributed by atoms with E-state index >= 15 is 0 Å². The number of hydrogen-bond donors (Lipinski definition) is 1. The lowest BCUT2D eigenvalue weighted by Gasteiger charge is -2.20. The maximum atomic E-state index is 10.8. The zero-order valence-corrected chi connectivity index (χ0v) is 6.43. The van der Waals surface area contributed by atoms with Gasteiger partial charge in [0.1, 0.15) is 0 Å². The number of amides is 2. The second-order valence-electron chi connectivity index (χ2n) is 2.26. The summed E-state index contributed by atoms with van der Waals surface area (Å²) in [5, 5.41) is 2.53.